The summed E-state index contributed by atoms with van der Waals surface area (Å²) in [6.07, 6.45) is 1.49. The number of fused-ring (bicyclic) bond motifs is 1. The second-order valence-corrected chi connectivity index (χ2v) is 8.19. The Bertz CT molecular complexity index is 632. The van der Waals surface area contributed by atoms with Crippen LogP contribution >= 0.6 is 0 Å². The molecule has 0 spiro atoms. The Kier molecular flexibility index (Phi) is 6.53. The largest absolute Gasteiger partial charge is 1.00 e. The van der Waals surface area contributed by atoms with Crippen molar-refractivity contribution < 1.29 is 42.1 Å². The molecule has 2 heterocycles. The van der Waals surface area contributed by atoms with Gasteiger partial charge in [0.1, 0.15) is 25.0 Å². The van der Waals surface area contributed by atoms with Crippen LogP contribution in [0.15, 0.2) is 34.2 Å². The zero-order chi connectivity index (χ0) is 18.2. The van der Waals surface area contributed by atoms with Gasteiger partial charge in [0, 0.05) is 24.8 Å². The van der Waals surface area contributed by atoms with E-state index in [1.54, 1.807) is 0 Å². The molecule has 0 aromatic rings. The summed E-state index contributed by atoms with van der Waals surface area (Å²) in [6, 6.07) is 0. The molecule has 0 aromatic carbocycles. The second-order valence-electron chi connectivity index (χ2n) is 8.19. The Balaban J connectivity index is 0.00000243. The van der Waals surface area contributed by atoms with Crippen LogP contribution in [0.4, 0.5) is 0 Å². The minimum absolute atomic E-state index is 0. The first kappa shape index (κ1) is 20.9. The SMILES string of the molecule is CC1CC2=C(O1)C(OCC(O)C[NH2+]C(C)(C)C)=C1OCCC(O)=C1C2.[Cl-]. The number of rotatable bonds is 5. The molecule has 0 fully saturated rings. The van der Waals surface area contributed by atoms with Crippen LogP contribution in [0.3, 0.4) is 0 Å². The number of aliphatic hydroxyl groups excluding tert-OH is 2. The minimum atomic E-state index is -0.596. The molecule has 2 aliphatic heterocycles. The molecule has 148 valence electrons. The Hall–Kier alpha value is -1.37. The lowest BCUT2D eigenvalue weighted by molar-refractivity contribution is -0.722. The Morgan fingerprint density at radius 3 is 2.73 bits per heavy atom. The molecule has 0 aromatic heterocycles. The maximum absolute atomic E-state index is 10.3. The zero-order valence-electron chi connectivity index (χ0n) is 16.0. The molecule has 0 radical (unpaired) electrons. The van der Waals surface area contributed by atoms with Gasteiger partial charge in [-0.1, -0.05) is 0 Å². The van der Waals surface area contributed by atoms with E-state index < -0.39 is 6.10 Å². The molecule has 2 atom stereocenters. The van der Waals surface area contributed by atoms with Crippen molar-refractivity contribution in [1.29, 1.82) is 0 Å². The maximum atomic E-state index is 10.3. The first-order valence-electron chi connectivity index (χ1n) is 9.07. The fraction of sp³-hybridized carbons (Fsp3) is 0.684. The number of allylic oxidation sites excluding steroid dienone is 1. The van der Waals surface area contributed by atoms with E-state index in [1.165, 1.54) is 0 Å². The van der Waals surface area contributed by atoms with Gasteiger partial charge in [-0.2, -0.15) is 0 Å². The lowest BCUT2D eigenvalue weighted by atomic mass is 9.91. The molecule has 26 heavy (non-hydrogen) atoms. The van der Waals surface area contributed by atoms with Gasteiger partial charge in [-0.25, -0.2) is 0 Å². The van der Waals surface area contributed by atoms with E-state index in [1.807, 2.05) is 6.92 Å². The maximum Gasteiger partial charge on any atom is 0.204 e. The first-order valence-corrected chi connectivity index (χ1v) is 9.07. The van der Waals surface area contributed by atoms with E-state index in [0.717, 1.165) is 23.3 Å². The third-order valence-electron chi connectivity index (χ3n) is 4.61. The van der Waals surface area contributed by atoms with E-state index in [-0.39, 0.29) is 30.7 Å². The average molecular weight is 388 g/mol. The van der Waals surface area contributed by atoms with Crippen LogP contribution in [0, 0.1) is 0 Å². The highest BCUT2D eigenvalue weighted by atomic mass is 35.5. The monoisotopic (exact) mass is 387 g/mol. The second kappa shape index (κ2) is 8.11. The van der Waals surface area contributed by atoms with Gasteiger partial charge in [0.05, 0.1) is 18.2 Å². The molecule has 0 saturated carbocycles. The Morgan fingerprint density at radius 1 is 1.31 bits per heavy atom. The predicted molar refractivity (Wildman–Crippen MR) is 92.6 cm³/mol. The van der Waals surface area contributed by atoms with Crippen LogP contribution in [0.25, 0.3) is 0 Å². The molecule has 1 aliphatic carbocycles. The van der Waals surface area contributed by atoms with Gasteiger partial charge in [0.2, 0.25) is 5.76 Å². The Morgan fingerprint density at radius 2 is 2.04 bits per heavy atom. The molecule has 3 aliphatic rings. The molecule has 6 nitrogen and oxygen atoms in total. The summed E-state index contributed by atoms with van der Waals surface area (Å²) in [5.41, 5.74) is 1.99. The third-order valence-corrected chi connectivity index (χ3v) is 4.61. The quantitative estimate of drug-likeness (QED) is 0.542. The minimum Gasteiger partial charge on any atom is -1.00 e. The van der Waals surface area contributed by atoms with Crippen molar-refractivity contribution in [2.24, 2.45) is 0 Å². The normalized spacial score (nSPS) is 23.7. The molecule has 0 saturated heterocycles. The van der Waals surface area contributed by atoms with Crippen molar-refractivity contribution in [3.05, 3.63) is 34.2 Å². The number of halogens is 1. The van der Waals surface area contributed by atoms with Gasteiger partial charge in [0.25, 0.3) is 0 Å². The van der Waals surface area contributed by atoms with Crippen LogP contribution in [-0.4, -0.2) is 47.7 Å². The van der Waals surface area contributed by atoms with Gasteiger partial charge < -0.3 is 42.1 Å². The standard InChI is InChI=1S/C19H29NO5.ClH/c1-11-7-12-8-14-15(22)5-6-23-17(14)18(16(12)25-11)24-10-13(21)9-20-19(2,3)4;/h11,13,20-22H,5-10H2,1-4H3;1H. The van der Waals surface area contributed by atoms with Crippen molar-refractivity contribution in [3.8, 4) is 0 Å². The van der Waals surface area contributed by atoms with Crippen LogP contribution < -0.4 is 17.7 Å². The van der Waals surface area contributed by atoms with Gasteiger partial charge in [-0.05, 0) is 33.3 Å². The van der Waals surface area contributed by atoms with Gasteiger partial charge >= 0.3 is 0 Å². The van der Waals surface area contributed by atoms with Crippen LogP contribution in [-0.2, 0) is 14.2 Å². The first-order chi connectivity index (χ1) is 11.7. The highest BCUT2D eigenvalue weighted by Gasteiger charge is 2.38. The highest BCUT2D eigenvalue weighted by molar-refractivity contribution is 5.49. The number of ether oxygens (including phenoxy) is 3. The van der Waals surface area contributed by atoms with E-state index in [9.17, 15) is 10.2 Å². The summed E-state index contributed by atoms with van der Waals surface area (Å²) >= 11 is 0. The summed E-state index contributed by atoms with van der Waals surface area (Å²) in [5, 5.41) is 22.6. The van der Waals surface area contributed by atoms with Crippen LogP contribution in [0.2, 0.25) is 0 Å². The molecule has 0 amide bonds. The molecule has 2 unspecified atom stereocenters. The average Bonchev–Trinajstić information content (AvgIpc) is 2.89. The summed E-state index contributed by atoms with van der Waals surface area (Å²) in [4.78, 5) is 0. The van der Waals surface area contributed by atoms with Crippen LogP contribution in [0.5, 0.6) is 0 Å². The van der Waals surface area contributed by atoms with E-state index in [0.29, 0.717) is 43.3 Å². The Labute approximate surface area is 161 Å². The number of quaternary nitrogens is 1. The van der Waals surface area contributed by atoms with Crippen LogP contribution in [0.1, 0.15) is 47.0 Å². The summed E-state index contributed by atoms with van der Waals surface area (Å²) in [7, 11) is 0. The lowest BCUT2D eigenvalue weighted by Crippen LogP contribution is -3.00. The van der Waals surface area contributed by atoms with E-state index in [4.69, 9.17) is 14.2 Å². The van der Waals surface area contributed by atoms with Gasteiger partial charge in [-0.3, -0.25) is 0 Å². The summed E-state index contributed by atoms with van der Waals surface area (Å²) in [6.45, 7) is 9.48. The topological polar surface area (TPSA) is 84.8 Å². The fourth-order valence-corrected chi connectivity index (χ4v) is 3.32. The number of hydrogen-bond donors (Lipinski definition) is 3. The molecular weight excluding hydrogens is 358 g/mol. The molecule has 7 heteroatoms. The highest BCUT2D eigenvalue weighted by Crippen LogP contribution is 2.44. The number of nitrogens with two attached hydrogens (primary N) is 1. The number of hydrogen-bond acceptors (Lipinski definition) is 5. The van der Waals surface area contributed by atoms with Crippen molar-refractivity contribution in [3.63, 3.8) is 0 Å². The van der Waals surface area contributed by atoms with Crippen molar-refractivity contribution in [2.45, 2.75) is 64.7 Å². The summed E-state index contributed by atoms with van der Waals surface area (Å²) in [5.74, 6) is 2.20. The molecule has 3 rings (SSSR count). The molecular formula is C19H30ClNO5. The van der Waals surface area contributed by atoms with Crippen molar-refractivity contribution in [1.82, 2.24) is 0 Å². The van der Waals surface area contributed by atoms with Crippen molar-refractivity contribution >= 4 is 0 Å². The fourth-order valence-electron chi connectivity index (χ4n) is 3.32. The number of aliphatic hydroxyl groups is 2. The summed E-state index contributed by atoms with van der Waals surface area (Å²) < 4.78 is 17.7. The van der Waals surface area contributed by atoms with Gasteiger partial charge in [-0.15, -0.1) is 0 Å². The molecule has 4 N–H and O–H groups in total. The van der Waals surface area contributed by atoms with E-state index >= 15 is 0 Å². The third kappa shape index (κ3) is 4.67. The van der Waals surface area contributed by atoms with Crippen molar-refractivity contribution in [2.75, 3.05) is 19.8 Å². The van der Waals surface area contributed by atoms with E-state index in [2.05, 4.69) is 26.1 Å². The lowest BCUT2D eigenvalue weighted by Gasteiger charge is -2.28. The molecule has 0 bridgehead atoms. The smallest absolute Gasteiger partial charge is 0.204 e. The zero-order valence-corrected chi connectivity index (χ0v) is 16.7. The van der Waals surface area contributed by atoms with Gasteiger partial charge in [0.15, 0.2) is 11.5 Å². The predicted octanol–water partition coefficient (Wildman–Crippen LogP) is -1.36.